The molecule has 1 aromatic heterocycles. The van der Waals surface area contributed by atoms with Crippen LogP contribution in [-0.2, 0) is 17.5 Å². The van der Waals surface area contributed by atoms with E-state index in [0.717, 1.165) is 11.1 Å². The summed E-state index contributed by atoms with van der Waals surface area (Å²) in [6.07, 6.45) is 1.46. The summed E-state index contributed by atoms with van der Waals surface area (Å²) < 4.78 is 6.96. The van der Waals surface area contributed by atoms with Gasteiger partial charge in [0.25, 0.3) is 5.56 Å². The quantitative estimate of drug-likeness (QED) is 0.824. The smallest absolute Gasteiger partial charge is 0.289 e. The number of ether oxygens (including phenoxy) is 1. The molecule has 2 rings (SSSR count). The van der Waals surface area contributed by atoms with Gasteiger partial charge in [0.05, 0.1) is 11.7 Å². The zero-order chi connectivity index (χ0) is 18.1. The first-order valence-corrected chi connectivity index (χ1v) is 8.11. The molecular formula is C16H21B2ClN2O3. The fourth-order valence-electron chi connectivity index (χ4n) is 2.17. The number of hydrogen-bond donors (Lipinski definition) is 1. The van der Waals surface area contributed by atoms with Gasteiger partial charge in [-0.05, 0) is 31.9 Å². The van der Waals surface area contributed by atoms with Crippen molar-refractivity contribution in [2.45, 2.75) is 38.3 Å². The largest absolute Gasteiger partial charge is 0.485 e. The minimum atomic E-state index is -0.885. The van der Waals surface area contributed by atoms with E-state index in [0.29, 0.717) is 0 Å². The predicted octanol–water partition coefficient (Wildman–Crippen LogP) is 0.599. The van der Waals surface area contributed by atoms with Gasteiger partial charge in [-0.1, -0.05) is 35.9 Å². The van der Waals surface area contributed by atoms with Crippen LogP contribution in [0, 0.1) is 0 Å². The second-order valence-corrected chi connectivity index (χ2v) is 7.63. The number of benzene rings is 1. The lowest BCUT2D eigenvalue weighted by molar-refractivity contribution is 0.217. The minimum Gasteiger partial charge on any atom is -0.485 e. The van der Waals surface area contributed by atoms with E-state index in [1.165, 1.54) is 10.9 Å². The third-order valence-corrected chi connectivity index (χ3v) is 3.92. The maximum atomic E-state index is 12.3. The number of nitrogens with zero attached hydrogens (tertiary/aromatic N) is 2. The molecular weight excluding hydrogens is 325 g/mol. The molecule has 5 nitrogen and oxygen atoms in total. The lowest BCUT2D eigenvalue weighted by atomic mass is 9.61. The zero-order valence-corrected chi connectivity index (χ0v) is 15.4. The highest BCUT2D eigenvalue weighted by molar-refractivity contribution is 6.38. The minimum absolute atomic E-state index is 0.0213. The molecule has 8 heteroatoms. The summed E-state index contributed by atoms with van der Waals surface area (Å²) in [5.74, 6) is 0.258. The molecule has 2 aromatic rings. The van der Waals surface area contributed by atoms with Crippen LogP contribution in [0.4, 0.5) is 0 Å². The van der Waals surface area contributed by atoms with Crippen LogP contribution < -0.4 is 10.3 Å². The van der Waals surface area contributed by atoms with E-state index in [-0.39, 0.29) is 22.9 Å². The van der Waals surface area contributed by atoms with Gasteiger partial charge in [-0.2, -0.15) is 5.10 Å². The Morgan fingerprint density at radius 2 is 1.83 bits per heavy atom. The lowest BCUT2D eigenvalue weighted by Gasteiger charge is -2.21. The summed E-state index contributed by atoms with van der Waals surface area (Å²) in [5, 5.41) is 13.2. The van der Waals surface area contributed by atoms with Gasteiger partial charge < -0.3 is 9.84 Å². The fourth-order valence-corrected chi connectivity index (χ4v) is 2.35. The van der Waals surface area contributed by atoms with Crippen molar-refractivity contribution >= 4 is 27.3 Å². The summed E-state index contributed by atoms with van der Waals surface area (Å²) in [4.78, 5) is 12.3. The van der Waals surface area contributed by atoms with Crippen molar-refractivity contribution in [2.24, 2.45) is 0 Å². The number of aromatic nitrogens is 2. The number of aliphatic hydroxyl groups is 1. The Balaban J connectivity index is 2.16. The molecule has 1 heterocycles. The van der Waals surface area contributed by atoms with E-state index in [9.17, 15) is 9.90 Å². The molecule has 0 unspecified atom stereocenters. The van der Waals surface area contributed by atoms with E-state index >= 15 is 0 Å². The summed E-state index contributed by atoms with van der Waals surface area (Å²) >= 11 is 6.12. The first-order valence-electron chi connectivity index (χ1n) is 7.73. The van der Waals surface area contributed by atoms with Crippen LogP contribution in [0.2, 0.25) is 5.02 Å². The van der Waals surface area contributed by atoms with Crippen LogP contribution >= 0.6 is 11.6 Å². The standard InChI is InChI=1S/C16H21B2ClN2O3/c1-15(2,3)21-14(22)13(19)12(8-20-21)24-9-10-4-6-11(7-5-10)16(17,18)23/h4-8,23H,9,17-18H2,1-3H3. The lowest BCUT2D eigenvalue weighted by Crippen LogP contribution is -2.36. The van der Waals surface area contributed by atoms with Gasteiger partial charge in [-0.3, -0.25) is 4.79 Å². The average molecular weight is 346 g/mol. The van der Waals surface area contributed by atoms with Crippen LogP contribution in [0.1, 0.15) is 31.9 Å². The van der Waals surface area contributed by atoms with Crippen molar-refractivity contribution in [3.8, 4) is 5.75 Å². The van der Waals surface area contributed by atoms with E-state index in [1.807, 2.05) is 45.0 Å². The fraction of sp³-hybridized carbons (Fsp3) is 0.375. The molecule has 0 bridgehead atoms. The molecule has 126 valence electrons. The molecule has 24 heavy (non-hydrogen) atoms. The SMILES string of the molecule is BC(B)(O)c1ccc(COc2cnn(C(C)(C)C)c(=O)c2Cl)cc1. The number of halogens is 1. The van der Waals surface area contributed by atoms with Crippen molar-refractivity contribution < 1.29 is 9.84 Å². The molecule has 0 radical (unpaired) electrons. The average Bonchev–Trinajstić information content (AvgIpc) is 2.47. The molecule has 0 aliphatic heterocycles. The van der Waals surface area contributed by atoms with Crippen molar-refractivity contribution in [3.05, 3.63) is 57.0 Å². The predicted molar refractivity (Wildman–Crippen MR) is 100 cm³/mol. The summed E-state index contributed by atoms with van der Waals surface area (Å²) in [6, 6.07) is 7.42. The second kappa shape index (κ2) is 6.65. The van der Waals surface area contributed by atoms with Gasteiger partial charge >= 0.3 is 0 Å². The van der Waals surface area contributed by atoms with Crippen LogP contribution in [-0.4, -0.2) is 30.6 Å². The number of hydrogen-bond acceptors (Lipinski definition) is 4. The molecule has 1 aromatic carbocycles. The van der Waals surface area contributed by atoms with Crippen LogP contribution in [0.25, 0.3) is 0 Å². The first-order chi connectivity index (χ1) is 11.0. The number of rotatable bonds is 4. The van der Waals surface area contributed by atoms with Crippen molar-refractivity contribution in [1.29, 1.82) is 0 Å². The second-order valence-electron chi connectivity index (χ2n) is 7.26. The van der Waals surface area contributed by atoms with Crippen molar-refractivity contribution in [2.75, 3.05) is 0 Å². The molecule has 0 saturated heterocycles. The Kier molecular flexibility index (Phi) is 5.16. The van der Waals surface area contributed by atoms with Gasteiger partial charge in [0.15, 0.2) is 10.8 Å². The van der Waals surface area contributed by atoms with E-state index in [4.69, 9.17) is 16.3 Å². The summed E-state index contributed by atoms with van der Waals surface area (Å²) in [7, 11) is 3.46. The van der Waals surface area contributed by atoms with Gasteiger partial charge in [0, 0.05) is 5.40 Å². The highest BCUT2D eigenvalue weighted by Gasteiger charge is 2.20. The monoisotopic (exact) mass is 346 g/mol. The summed E-state index contributed by atoms with van der Waals surface area (Å²) in [5.41, 5.74) is 0.892. The molecule has 0 aliphatic rings. The van der Waals surface area contributed by atoms with Gasteiger partial charge in [-0.15, -0.1) is 0 Å². The molecule has 0 amide bonds. The molecule has 0 saturated carbocycles. The molecule has 1 N–H and O–H groups in total. The maximum Gasteiger partial charge on any atom is 0.289 e. The van der Waals surface area contributed by atoms with E-state index in [2.05, 4.69) is 5.10 Å². The van der Waals surface area contributed by atoms with E-state index < -0.39 is 10.9 Å². The van der Waals surface area contributed by atoms with Crippen LogP contribution in [0.3, 0.4) is 0 Å². The van der Waals surface area contributed by atoms with Gasteiger partial charge in [0.2, 0.25) is 0 Å². The zero-order valence-electron chi connectivity index (χ0n) is 14.6. The van der Waals surface area contributed by atoms with Crippen LogP contribution in [0.15, 0.2) is 35.3 Å². The first kappa shape index (κ1) is 18.6. The molecule has 0 atom stereocenters. The van der Waals surface area contributed by atoms with Crippen molar-refractivity contribution in [1.82, 2.24) is 9.78 Å². The third kappa shape index (κ3) is 4.22. The van der Waals surface area contributed by atoms with Crippen molar-refractivity contribution in [3.63, 3.8) is 0 Å². The Morgan fingerprint density at radius 1 is 1.25 bits per heavy atom. The Labute approximate surface area is 148 Å². The summed E-state index contributed by atoms with van der Waals surface area (Å²) in [6.45, 7) is 5.89. The van der Waals surface area contributed by atoms with Gasteiger partial charge in [-0.25, -0.2) is 4.68 Å². The Bertz CT molecular complexity index is 778. The normalized spacial score (nSPS) is 12.2. The molecule has 0 aliphatic carbocycles. The molecule has 0 spiro atoms. The Morgan fingerprint density at radius 3 is 2.33 bits per heavy atom. The Hall–Kier alpha value is -1.72. The third-order valence-electron chi connectivity index (χ3n) is 3.58. The van der Waals surface area contributed by atoms with Crippen LogP contribution in [0.5, 0.6) is 5.75 Å². The maximum absolute atomic E-state index is 12.3. The highest BCUT2D eigenvalue weighted by atomic mass is 35.5. The molecule has 0 fully saturated rings. The highest BCUT2D eigenvalue weighted by Crippen LogP contribution is 2.22. The van der Waals surface area contributed by atoms with Gasteiger partial charge in [0.1, 0.15) is 22.3 Å². The van der Waals surface area contributed by atoms with E-state index in [1.54, 1.807) is 15.7 Å². The topological polar surface area (TPSA) is 64.3 Å².